The molecule has 3 rings (SSSR count). The minimum absolute atomic E-state index is 0.271. The number of nitrogens with two attached hydrogens (primary N) is 1. The summed E-state index contributed by atoms with van der Waals surface area (Å²) >= 11 is 6.16. The molecule has 0 fully saturated rings. The maximum absolute atomic E-state index is 12.0. The van der Waals surface area contributed by atoms with Gasteiger partial charge in [0.25, 0.3) is 5.56 Å². The van der Waals surface area contributed by atoms with Crippen molar-refractivity contribution in [3.63, 3.8) is 0 Å². The first kappa shape index (κ1) is 19.5. The summed E-state index contributed by atoms with van der Waals surface area (Å²) in [6.07, 6.45) is 1.54. The first-order valence-corrected chi connectivity index (χ1v) is 8.93. The lowest BCUT2D eigenvalue weighted by molar-refractivity contribution is 0.284. The molecule has 144 valence electrons. The lowest BCUT2D eigenvalue weighted by Gasteiger charge is -2.12. The number of rotatable bonds is 6. The third-order valence-corrected chi connectivity index (χ3v) is 4.40. The Morgan fingerprint density at radius 3 is 2.64 bits per heavy atom. The van der Waals surface area contributed by atoms with E-state index >= 15 is 0 Å². The monoisotopic (exact) mass is 397 g/mol. The van der Waals surface area contributed by atoms with Crippen LogP contribution < -0.4 is 20.8 Å². The lowest BCUT2D eigenvalue weighted by atomic mass is 10.2. The van der Waals surface area contributed by atoms with E-state index in [0.29, 0.717) is 23.1 Å². The molecule has 0 amide bonds. The van der Waals surface area contributed by atoms with Crippen LogP contribution in [0, 0.1) is 6.92 Å². The molecule has 0 radical (unpaired) electrons. The Morgan fingerprint density at radius 2 is 1.93 bits per heavy atom. The predicted molar refractivity (Wildman–Crippen MR) is 112 cm³/mol. The Balaban J connectivity index is 1.80. The first-order chi connectivity index (χ1) is 13.5. The number of halogens is 1. The molecule has 1 heterocycles. The summed E-state index contributed by atoms with van der Waals surface area (Å²) < 4.78 is 12.4. The van der Waals surface area contributed by atoms with Gasteiger partial charge in [0, 0.05) is 16.7 Å². The molecule has 2 N–H and O–H groups in total. The van der Waals surface area contributed by atoms with Crippen molar-refractivity contribution >= 4 is 23.6 Å². The summed E-state index contributed by atoms with van der Waals surface area (Å²) in [6.45, 7) is 2.12. The van der Waals surface area contributed by atoms with Gasteiger partial charge in [0.05, 0.1) is 13.3 Å². The molecule has 0 aliphatic heterocycles. The maximum atomic E-state index is 12.0. The van der Waals surface area contributed by atoms with Crippen LogP contribution in [-0.2, 0) is 6.61 Å². The van der Waals surface area contributed by atoms with Crippen molar-refractivity contribution in [3.05, 3.63) is 86.7 Å². The van der Waals surface area contributed by atoms with E-state index in [1.54, 1.807) is 32.2 Å². The highest BCUT2D eigenvalue weighted by Gasteiger charge is 2.07. The normalized spacial score (nSPS) is 11.0. The number of aromatic nitrogens is 1. The highest BCUT2D eigenvalue weighted by molar-refractivity contribution is 6.31. The van der Waals surface area contributed by atoms with Crippen LogP contribution in [0.3, 0.4) is 0 Å². The molecule has 0 spiro atoms. The van der Waals surface area contributed by atoms with E-state index in [1.807, 2.05) is 30.3 Å². The van der Waals surface area contributed by atoms with E-state index in [1.165, 1.54) is 12.3 Å². The molecular weight excluding hydrogens is 378 g/mol. The molecule has 7 heteroatoms. The molecule has 2 aromatic carbocycles. The molecule has 0 saturated carbocycles. The number of hydrogen-bond donors (Lipinski definition) is 1. The molecule has 1 aromatic heterocycles. The Kier molecular flexibility index (Phi) is 6.01. The smallest absolute Gasteiger partial charge is 0.273 e. The van der Waals surface area contributed by atoms with Gasteiger partial charge in [-0.05, 0) is 48.4 Å². The van der Waals surface area contributed by atoms with Crippen LogP contribution in [0.25, 0.3) is 0 Å². The number of pyridine rings is 1. The van der Waals surface area contributed by atoms with Gasteiger partial charge in [-0.15, -0.1) is 0 Å². The second kappa shape index (κ2) is 8.63. The quantitative estimate of drug-likeness (QED) is 0.640. The van der Waals surface area contributed by atoms with Crippen LogP contribution in [0.1, 0.15) is 16.7 Å². The van der Waals surface area contributed by atoms with E-state index in [2.05, 4.69) is 5.10 Å². The fourth-order valence-corrected chi connectivity index (χ4v) is 2.81. The topological polar surface area (TPSA) is 78.8 Å². The number of nitrogens with zero attached hydrogens (tertiary/aromatic N) is 2. The van der Waals surface area contributed by atoms with Crippen molar-refractivity contribution in [1.82, 2.24) is 4.68 Å². The van der Waals surface area contributed by atoms with E-state index in [-0.39, 0.29) is 11.4 Å². The highest BCUT2D eigenvalue weighted by Crippen LogP contribution is 2.29. The minimum atomic E-state index is -0.291. The Hall–Kier alpha value is -3.25. The molecule has 3 aromatic rings. The summed E-state index contributed by atoms with van der Waals surface area (Å²) in [5.41, 5.74) is 7.97. The zero-order chi connectivity index (χ0) is 20.1. The molecule has 0 aliphatic rings. The van der Waals surface area contributed by atoms with Crippen molar-refractivity contribution in [2.24, 2.45) is 5.10 Å². The zero-order valence-corrected chi connectivity index (χ0v) is 16.3. The fourth-order valence-electron chi connectivity index (χ4n) is 2.62. The van der Waals surface area contributed by atoms with Crippen LogP contribution in [-0.4, -0.2) is 18.0 Å². The van der Waals surface area contributed by atoms with E-state index < -0.39 is 0 Å². The zero-order valence-electron chi connectivity index (χ0n) is 15.6. The van der Waals surface area contributed by atoms with E-state index in [4.69, 9.17) is 26.8 Å². The Labute approximate surface area is 167 Å². The third-order valence-electron chi connectivity index (χ3n) is 4.03. The summed E-state index contributed by atoms with van der Waals surface area (Å²) in [7, 11) is 1.56. The Morgan fingerprint density at radius 1 is 1.14 bits per heavy atom. The summed E-state index contributed by atoms with van der Waals surface area (Å²) in [5, 5.41) is 4.81. The van der Waals surface area contributed by atoms with Crippen molar-refractivity contribution in [3.8, 4) is 11.5 Å². The number of methoxy groups -OCH3 is 1. The third kappa shape index (κ3) is 4.53. The van der Waals surface area contributed by atoms with Gasteiger partial charge >= 0.3 is 0 Å². The SMILES string of the molecule is COc1cc(C=Nn2c(N)cc(C)cc2=O)ccc1OCc1ccccc1Cl. The summed E-state index contributed by atoms with van der Waals surface area (Å²) in [5.74, 6) is 1.39. The van der Waals surface area contributed by atoms with Gasteiger partial charge in [0.1, 0.15) is 12.4 Å². The summed E-state index contributed by atoms with van der Waals surface area (Å²) in [4.78, 5) is 12.0. The second-order valence-corrected chi connectivity index (χ2v) is 6.55. The first-order valence-electron chi connectivity index (χ1n) is 8.55. The predicted octanol–water partition coefficient (Wildman–Crippen LogP) is 3.86. The fraction of sp³-hybridized carbons (Fsp3) is 0.143. The standard InChI is InChI=1S/C21H20ClN3O3/c1-14-9-20(23)25(21(26)10-14)24-12-15-7-8-18(19(11-15)27-2)28-13-16-5-3-4-6-17(16)22/h3-12H,13,23H2,1-2H3. The van der Waals surface area contributed by atoms with Gasteiger partial charge in [0.2, 0.25) is 0 Å². The van der Waals surface area contributed by atoms with Crippen LogP contribution in [0.15, 0.2) is 64.5 Å². The van der Waals surface area contributed by atoms with Crippen molar-refractivity contribution < 1.29 is 9.47 Å². The number of ether oxygens (including phenoxy) is 2. The molecule has 0 aliphatic carbocycles. The average molecular weight is 398 g/mol. The van der Waals surface area contributed by atoms with E-state index in [0.717, 1.165) is 21.4 Å². The molecule has 6 nitrogen and oxygen atoms in total. The molecular formula is C21H20ClN3O3. The maximum Gasteiger partial charge on any atom is 0.273 e. The number of aryl methyl sites for hydroxylation is 1. The van der Waals surface area contributed by atoms with Gasteiger partial charge in [-0.25, -0.2) is 0 Å². The van der Waals surface area contributed by atoms with Gasteiger partial charge < -0.3 is 15.2 Å². The van der Waals surface area contributed by atoms with Gasteiger partial charge in [0.15, 0.2) is 11.5 Å². The molecule has 0 unspecified atom stereocenters. The van der Waals surface area contributed by atoms with Crippen LogP contribution >= 0.6 is 11.6 Å². The lowest BCUT2D eigenvalue weighted by Crippen LogP contribution is -2.19. The highest BCUT2D eigenvalue weighted by atomic mass is 35.5. The van der Waals surface area contributed by atoms with Crippen LogP contribution in [0.5, 0.6) is 11.5 Å². The molecule has 0 atom stereocenters. The second-order valence-electron chi connectivity index (χ2n) is 6.14. The minimum Gasteiger partial charge on any atom is -0.493 e. The van der Waals surface area contributed by atoms with Crippen LogP contribution in [0.4, 0.5) is 5.82 Å². The molecule has 0 bridgehead atoms. The number of hydrogen-bond acceptors (Lipinski definition) is 5. The Bertz CT molecular complexity index is 1080. The molecule has 28 heavy (non-hydrogen) atoms. The van der Waals surface area contributed by atoms with Crippen molar-refractivity contribution in [2.75, 3.05) is 12.8 Å². The number of benzene rings is 2. The average Bonchev–Trinajstić information content (AvgIpc) is 2.67. The van der Waals surface area contributed by atoms with Gasteiger partial charge in [-0.3, -0.25) is 4.79 Å². The van der Waals surface area contributed by atoms with Crippen molar-refractivity contribution in [2.45, 2.75) is 13.5 Å². The number of anilines is 1. The van der Waals surface area contributed by atoms with E-state index in [9.17, 15) is 4.79 Å². The molecule has 0 saturated heterocycles. The van der Waals surface area contributed by atoms with Crippen molar-refractivity contribution in [1.29, 1.82) is 0 Å². The largest absolute Gasteiger partial charge is 0.493 e. The van der Waals surface area contributed by atoms with Gasteiger partial charge in [-0.1, -0.05) is 29.8 Å². The van der Waals surface area contributed by atoms with Crippen LogP contribution in [0.2, 0.25) is 5.02 Å². The summed E-state index contributed by atoms with van der Waals surface area (Å²) in [6, 6.07) is 16.0. The van der Waals surface area contributed by atoms with Gasteiger partial charge in [-0.2, -0.15) is 9.78 Å². The number of nitrogen functional groups attached to an aromatic ring is 1.